The van der Waals surface area contributed by atoms with Crippen molar-refractivity contribution >= 4 is 5.95 Å². The molecule has 15 heavy (non-hydrogen) atoms. The van der Waals surface area contributed by atoms with Crippen molar-refractivity contribution < 1.29 is 9.47 Å². The van der Waals surface area contributed by atoms with Crippen molar-refractivity contribution in [3.8, 4) is 0 Å². The molecule has 0 aromatic carbocycles. The maximum Gasteiger partial charge on any atom is 0.220 e. The summed E-state index contributed by atoms with van der Waals surface area (Å²) >= 11 is 0. The third-order valence-corrected chi connectivity index (χ3v) is 2.44. The summed E-state index contributed by atoms with van der Waals surface area (Å²) in [5.74, 6) is 0.324. The van der Waals surface area contributed by atoms with Gasteiger partial charge < -0.3 is 15.2 Å². The number of aromatic nitrogens is 2. The maximum atomic E-state index is 5.47. The van der Waals surface area contributed by atoms with Crippen molar-refractivity contribution in [2.24, 2.45) is 0 Å². The number of hydrogen-bond acceptors (Lipinski definition) is 5. The van der Waals surface area contributed by atoms with Crippen LogP contribution >= 0.6 is 0 Å². The fourth-order valence-electron chi connectivity index (χ4n) is 1.60. The van der Waals surface area contributed by atoms with E-state index in [1.807, 2.05) is 6.92 Å². The average molecular weight is 209 g/mol. The zero-order valence-corrected chi connectivity index (χ0v) is 8.77. The summed E-state index contributed by atoms with van der Waals surface area (Å²) in [5, 5.41) is 0. The van der Waals surface area contributed by atoms with Gasteiger partial charge in [-0.05, 0) is 18.9 Å². The molecule has 0 radical (unpaired) electrons. The van der Waals surface area contributed by atoms with Gasteiger partial charge in [-0.2, -0.15) is 0 Å². The molecule has 1 aliphatic rings. The second kappa shape index (κ2) is 4.55. The van der Waals surface area contributed by atoms with Crippen molar-refractivity contribution in [1.29, 1.82) is 0 Å². The molecular weight excluding hydrogens is 194 g/mol. The number of nitrogens with two attached hydrogens (primary N) is 1. The molecule has 0 unspecified atom stereocenters. The summed E-state index contributed by atoms with van der Waals surface area (Å²) in [6, 6.07) is 0. The zero-order valence-electron chi connectivity index (χ0n) is 8.77. The molecule has 1 aromatic heterocycles. The quantitative estimate of drug-likeness (QED) is 0.792. The minimum absolute atomic E-state index is 0.0676. The summed E-state index contributed by atoms with van der Waals surface area (Å²) in [6.07, 6.45) is 3.40. The van der Waals surface area contributed by atoms with E-state index in [9.17, 15) is 0 Å². The van der Waals surface area contributed by atoms with Gasteiger partial charge >= 0.3 is 0 Å². The molecule has 5 nitrogen and oxygen atoms in total. The van der Waals surface area contributed by atoms with Crippen LogP contribution in [-0.4, -0.2) is 29.5 Å². The van der Waals surface area contributed by atoms with Crippen LogP contribution in [0.2, 0.25) is 0 Å². The van der Waals surface area contributed by atoms with Crippen molar-refractivity contribution in [3.63, 3.8) is 0 Å². The fraction of sp³-hybridized carbons (Fsp3) is 0.600. The average Bonchev–Trinajstić information content (AvgIpc) is 2.69. The van der Waals surface area contributed by atoms with E-state index in [4.69, 9.17) is 15.2 Å². The lowest BCUT2D eigenvalue weighted by atomic mass is 10.1. The van der Waals surface area contributed by atoms with Gasteiger partial charge in [-0.25, -0.2) is 9.97 Å². The van der Waals surface area contributed by atoms with Crippen molar-refractivity contribution in [2.45, 2.75) is 26.1 Å². The summed E-state index contributed by atoms with van der Waals surface area (Å²) in [7, 11) is 0. The predicted molar refractivity (Wildman–Crippen MR) is 55.2 cm³/mol. The minimum atomic E-state index is -0.0676. The number of nitrogens with zero attached hydrogens (tertiary/aromatic N) is 2. The van der Waals surface area contributed by atoms with Crippen LogP contribution in [0.1, 0.15) is 17.7 Å². The van der Waals surface area contributed by atoms with Gasteiger partial charge in [0.15, 0.2) is 6.29 Å². The monoisotopic (exact) mass is 209 g/mol. The Hall–Kier alpha value is -1.20. The van der Waals surface area contributed by atoms with E-state index in [0.29, 0.717) is 19.2 Å². The van der Waals surface area contributed by atoms with Gasteiger partial charge in [-0.1, -0.05) is 0 Å². The Kier molecular flexibility index (Phi) is 3.13. The normalized spacial score (nSPS) is 17.1. The SMILES string of the molecule is Cc1nc(N)ncc1CCC1OCCO1. The molecule has 2 N–H and O–H groups in total. The molecule has 0 atom stereocenters. The van der Waals surface area contributed by atoms with Crippen molar-refractivity contribution in [2.75, 3.05) is 18.9 Å². The maximum absolute atomic E-state index is 5.47. The van der Waals surface area contributed by atoms with Crippen LogP contribution in [0.4, 0.5) is 5.95 Å². The molecule has 0 saturated carbocycles. The van der Waals surface area contributed by atoms with Gasteiger partial charge in [0, 0.05) is 18.3 Å². The van der Waals surface area contributed by atoms with Crippen LogP contribution < -0.4 is 5.73 Å². The zero-order chi connectivity index (χ0) is 10.7. The lowest BCUT2D eigenvalue weighted by Gasteiger charge is -2.09. The highest BCUT2D eigenvalue weighted by Gasteiger charge is 2.16. The van der Waals surface area contributed by atoms with Crippen LogP contribution in [0.3, 0.4) is 0 Å². The molecule has 2 rings (SSSR count). The van der Waals surface area contributed by atoms with E-state index in [-0.39, 0.29) is 6.29 Å². The first-order valence-electron chi connectivity index (χ1n) is 5.07. The number of rotatable bonds is 3. The lowest BCUT2D eigenvalue weighted by molar-refractivity contribution is -0.0462. The van der Waals surface area contributed by atoms with Crippen LogP contribution in [-0.2, 0) is 15.9 Å². The lowest BCUT2D eigenvalue weighted by Crippen LogP contribution is -2.10. The van der Waals surface area contributed by atoms with E-state index < -0.39 is 0 Å². The second-order valence-corrected chi connectivity index (χ2v) is 3.55. The molecule has 1 aliphatic heterocycles. The molecule has 1 fully saturated rings. The molecule has 2 heterocycles. The van der Waals surface area contributed by atoms with Crippen LogP contribution in [0.5, 0.6) is 0 Å². The Morgan fingerprint density at radius 2 is 2.20 bits per heavy atom. The van der Waals surface area contributed by atoms with Gasteiger partial charge in [0.25, 0.3) is 0 Å². The highest BCUT2D eigenvalue weighted by molar-refractivity contribution is 5.24. The van der Waals surface area contributed by atoms with E-state index in [1.54, 1.807) is 6.20 Å². The third-order valence-electron chi connectivity index (χ3n) is 2.44. The first-order chi connectivity index (χ1) is 7.25. The largest absolute Gasteiger partial charge is 0.368 e. The van der Waals surface area contributed by atoms with E-state index in [2.05, 4.69) is 9.97 Å². The first kappa shape index (κ1) is 10.3. The standard InChI is InChI=1S/C10H15N3O2/c1-7-8(6-12-10(11)13-7)2-3-9-14-4-5-15-9/h6,9H,2-5H2,1H3,(H2,11,12,13). The number of nitrogen functional groups attached to an aromatic ring is 1. The number of hydrogen-bond donors (Lipinski definition) is 1. The topological polar surface area (TPSA) is 70.3 Å². The molecule has 0 aliphatic carbocycles. The number of anilines is 1. The van der Waals surface area contributed by atoms with Crippen LogP contribution in [0.25, 0.3) is 0 Å². The number of aryl methyl sites for hydroxylation is 2. The summed E-state index contributed by atoms with van der Waals surface area (Å²) < 4.78 is 10.7. The van der Waals surface area contributed by atoms with Crippen molar-refractivity contribution in [1.82, 2.24) is 9.97 Å². The van der Waals surface area contributed by atoms with E-state index >= 15 is 0 Å². The molecule has 0 spiro atoms. The van der Waals surface area contributed by atoms with Gasteiger partial charge in [-0.15, -0.1) is 0 Å². The van der Waals surface area contributed by atoms with Crippen LogP contribution in [0, 0.1) is 6.92 Å². The molecule has 82 valence electrons. The Labute approximate surface area is 88.6 Å². The summed E-state index contributed by atoms with van der Waals surface area (Å²) in [5.41, 5.74) is 7.51. The molecule has 0 amide bonds. The Bertz CT molecular complexity index is 337. The van der Waals surface area contributed by atoms with Crippen molar-refractivity contribution in [3.05, 3.63) is 17.5 Å². The first-order valence-corrected chi connectivity index (χ1v) is 5.07. The smallest absolute Gasteiger partial charge is 0.220 e. The van der Waals surface area contributed by atoms with Crippen LogP contribution in [0.15, 0.2) is 6.20 Å². The van der Waals surface area contributed by atoms with Gasteiger partial charge in [0.2, 0.25) is 5.95 Å². The van der Waals surface area contributed by atoms with Gasteiger partial charge in [-0.3, -0.25) is 0 Å². The van der Waals surface area contributed by atoms with Gasteiger partial charge in [0.1, 0.15) is 0 Å². The highest BCUT2D eigenvalue weighted by atomic mass is 16.7. The van der Waals surface area contributed by atoms with E-state index in [1.165, 1.54) is 0 Å². The molecule has 0 bridgehead atoms. The van der Waals surface area contributed by atoms with E-state index in [0.717, 1.165) is 24.1 Å². The summed E-state index contributed by atoms with van der Waals surface area (Å²) in [6.45, 7) is 3.33. The number of ether oxygens (including phenoxy) is 2. The second-order valence-electron chi connectivity index (χ2n) is 3.55. The molecular formula is C10H15N3O2. The third kappa shape index (κ3) is 2.64. The minimum Gasteiger partial charge on any atom is -0.368 e. The fourth-order valence-corrected chi connectivity index (χ4v) is 1.60. The molecule has 1 aromatic rings. The summed E-state index contributed by atoms with van der Waals surface area (Å²) in [4.78, 5) is 8.07. The molecule has 5 heteroatoms. The highest BCUT2D eigenvalue weighted by Crippen LogP contribution is 2.14. The Balaban J connectivity index is 1.92. The van der Waals surface area contributed by atoms with Gasteiger partial charge in [0.05, 0.1) is 13.2 Å². The predicted octanol–water partition coefficient (Wildman–Crippen LogP) is 0.673. The Morgan fingerprint density at radius 3 is 2.87 bits per heavy atom. The molecule has 1 saturated heterocycles. The Morgan fingerprint density at radius 1 is 1.47 bits per heavy atom.